The Labute approximate surface area is 179 Å². The smallest absolute Gasteiger partial charge is 0.435 e. The summed E-state index contributed by atoms with van der Waals surface area (Å²) < 4.78 is 48.3. The Morgan fingerprint density at radius 1 is 1.22 bits per heavy atom. The Kier molecular flexibility index (Phi) is 3.99. The van der Waals surface area contributed by atoms with Crippen LogP contribution in [0.4, 0.5) is 13.2 Å². The molecule has 6 rings (SSSR count). The number of halogens is 3. The predicted octanol–water partition coefficient (Wildman–Crippen LogP) is 3.73. The molecular weight excluding hydrogens is 425 g/mol. The van der Waals surface area contributed by atoms with Gasteiger partial charge in [-0.05, 0) is 25.0 Å². The van der Waals surface area contributed by atoms with E-state index in [1.807, 2.05) is 24.4 Å². The number of oxazole rings is 1. The van der Waals surface area contributed by atoms with E-state index in [1.54, 1.807) is 10.6 Å². The third-order valence-corrected chi connectivity index (χ3v) is 5.88. The van der Waals surface area contributed by atoms with E-state index in [0.29, 0.717) is 36.3 Å². The normalized spacial score (nSPS) is 18.8. The zero-order valence-corrected chi connectivity index (χ0v) is 16.6. The number of fused-ring (bicyclic) bond motifs is 2. The average Bonchev–Trinajstić information content (AvgIpc) is 3.18. The SMILES string of the molecule is O=C(c1oc(C2CC2)nc1C(F)(F)F)N1CCc2[nH]cnc2[C@@H]1c1cn2ccccc2n1. The molecule has 1 aliphatic carbocycles. The first-order chi connectivity index (χ1) is 15.4. The zero-order valence-electron chi connectivity index (χ0n) is 16.6. The number of aromatic nitrogens is 5. The number of nitrogens with one attached hydrogen (secondary N) is 1. The Hall–Kier alpha value is -3.63. The van der Waals surface area contributed by atoms with E-state index in [1.165, 1.54) is 11.2 Å². The number of H-pyrrole nitrogens is 1. The van der Waals surface area contributed by atoms with Gasteiger partial charge in [-0.2, -0.15) is 13.2 Å². The summed E-state index contributed by atoms with van der Waals surface area (Å²) in [7, 11) is 0. The number of hydrogen-bond donors (Lipinski definition) is 1. The first-order valence-electron chi connectivity index (χ1n) is 10.2. The lowest BCUT2D eigenvalue weighted by molar-refractivity contribution is -0.141. The Bertz CT molecular complexity index is 1300. The molecule has 0 radical (unpaired) electrons. The lowest BCUT2D eigenvalue weighted by Gasteiger charge is -2.33. The van der Waals surface area contributed by atoms with Crippen LogP contribution in [0, 0.1) is 0 Å². The highest BCUT2D eigenvalue weighted by atomic mass is 19.4. The second-order valence-corrected chi connectivity index (χ2v) is 8.05. The molecule has 8 nitrogen and oxygen atoms in total. The van der Waals surface area contributed by atoms with Crippen LogP contribution in [-0.2, 0) is 12.6 Å². The van der Waals surface area contributed by atoms with Crippen LogP contribution >= 0.6 is 0 Å². The van der Waals surface area contributed by atoms with Gasteiger partial charge in [-0.25, -0.2) is 15.0 Å². The number of alkyl halides is 3. The van der Waals surface area contributed by atoms with Crippen molar-refractivity contribution in [1.82, 2.24) is 29.2 Å². The summed E-state index contributed by atoms with van der Waals surface area (Å²) in [5.74, 6) is -1.83. The largest absolute Gasteiger partial charge is 0.437 e. The van der Waals surface area contributed by atoms with Gasteiger partial charge in [0.05, 0.1) is 17.7 Å². The molecule has 32 heavy (non-hydrogen) atoms. The molecule has 4 aromatic rings. The third-order valence-electron chi connectivity index (χ3n) is 5.88. The lowest BCUT2D eigenvalue weighted by atomic mass is 9.99. The van der Waals surface area contributed by atoms with Gasteiger partial charge in [0.1, 0.15) is 11.7 Å². The molecule has 0 unspecified atom stereocenters. The highest BCUT2D eigenvalue weighted by molar-refractivity contribution is 5.93. The number of carbonyl (C=O) groups is 1. The van der Waals surface area contributed by atoms with Crippen molar-refractivity contribution in [3.8, 4) is 0 Å². The number of hydrogen-bond acceptors (Lipinski definition) is 5. The van der Waals surface area contributed by atoms with Gasteiger partial charge in [-0.1, -0.05) is 6.07 Å². The number of rotatable bonds is 3. The maximum Gasteiger partial charge on any atom is 0.437 e. The molecule has 11 heteroatoms. The molecule has 4 aromatic heterocycles. The molecule has 0 saturated heterocycles. The summed E-state index contributed by atoms with van der Waals surface area (Å²) in [6.07, 6.45) is 2.12. The molecule has 1 atom stereocenters. The van der Waals surface area contributed by atoms with E-state index >= 15 is 0 Å². The summed E-state index contributed by atoms with van der Waals surface area (Å²) >= 11 is 0. The van der Waals surface area contributed by atoms with Crippen LogP contribution in [0.25, 0.3) is 5.65 Å². The summed E-state index contributed by atoms with van der Waals surface area (Å²) in [5, 5.41) is 0. The maximum absolute atomic E-state index is 13.7. The van der Waals surface area contributed by atoms with Gasteiger partial charge in [0.15, 0.2) is 11.6 Å². The van der Waals surface area contributed by atoms with Crippen LogP contribution in [0.1, 0.15) is 64.0 Å². The summed E-state index contributed by atoms with van der Waals surface area (Å²) in [6.45, 7) is 0.184. The maximum atomic E-state index is 13.7. The lowest BCUT2D eigenvalue weighted by Crippen LogP contribution is -2.41. The standard InChI is InChI=1S/C21H17F3N6O2/c22-21(23,24)18-17(32-19(28-18)11-4-5-11)20(31)30-8-6-12-15(26-10-25-12)16(30)13-9-29-7-2-1-3-14(29)27-13/h1-3,7,9-11,16H,4-6,8H2,(H,25,26)/t16-/m0/s1. The van der Waals surface area contributed by atoms with E-state index in [2.05, 4.69) is 19.9 Å². The molecule has 0 aromatic carbocycles. The van der Waals surface area contributed by atoms with E-state index in [-0.39, 0.29) is 18.4 Å². The van der Waals surface area contributed by atoms with Crippen LogP contribution < -0.4 is 0 Å². The van der Waals surface area contributed by atoms with Gasteiger partial charge in [0, 0.05) is 37.0 Å². The van der Waals surface area contributed by atoms with Crippen LogP contribution in [-0.4, -0.2) is 41.7 Å². The Balaban J connectivity index is 1.46. The van der Waals surface area contributed by atoms with Crippen molar-refractivity contribution in [2.75, 3.05) is 6.54 Å². The molecule has 0 bridgehead atoms. The van der Waals surface area contributed by atoms with Crippen molar-refractivity contribution < 1.29 is 22.4 Å². The first-order valence-corrected chi connectivity index (χ1v) is 10.2. The minimum Gasteiger partial charge on any atom is -0.435 e. The minimum atomic E-state index is -4.80. The van der Waals surface area contributed by atoms with E-state index in [9.17, 15) is 18.0 Å². The molecule has 2 aliphatic rings. The fourth-order valence-electron chi connectivity index (χ4n) is 4.19. The number of nitrogens with zero attached hydrogens (tertiary/aromatic N) is 5. The first kappa shape index (κ1) is 19.1. The summed E-state index contributed by atoms with van der Waals surface area (Å²) in [5.41, 5.74) is 1.27. The monoisotopic (exact) mass is 442 g/mol. The molecule has 5 heterocycles. The van der Waals surface area contributed by atoms with Crippen molar-refractivity contribution >= 4 is 11.6 Å². The van der Waals surface area contributed by atoms with Crippen molar-refractivity contribution in [2.24, 2.45) is 0 Å². The molecule has 1 fully saturated rings. The molecule has 164 valence electrons. The number of imidazole rings is 2. The second kappa shape index (κ2) is 6.68. The van der Waals surface area contributed by atoms with E-state index in [4.69, 9.17) is 4.42 Å². The number of pyridine rings is 1. The average molecular weight is 442 g/mol. The van der Waals surface area contributed by atoms with E-state index in [0.717, 1.165) is 5.69 Å². The molecule has 1 N–H and O–H groups in total. The fraction of sp³-hybridized carbons (Fsp3) is 0.333. The van der Waals surface area contributed by atoms with Crippen molar-refractivity contribution in [3.63, 3.8) is 0 Å². The highest BCUT2D eigenvalue weighted by Crippen LogP contribution is 2.43. The van der Waals surface area contributed by atoms with Gasteiger partial charge in [0.25, 0.3) is 5.91 Å². The quantitative estimate of drug-likeness (QED) is 0.522. The topological polar surface area (TPSA) is 92.3 Å². The van der Waals surface area contributed by atoms with Crippen LogP contribution in [0.5, 0.6) is 0 Å². The predicted molar refractivity (Wildman–Crippen MR) is 104 cm³/mol. The molecule has 1 amide bonds. The van der Waals surface area contributed by atoms with Gasteiger partial charge >= 0.3 is 6.18 Å². The van der Waals surface area contributed by atoms with Crippen LogP contribution in [0.15, 0.2) is 41.3 Å². The van der Waals surface area contributed by atoms with Crippen molar-refractivity contribution in [2.45, 2.75) is 37.4 Å². The number of amides is 1. The third kappa shape index (κ3) is 2.99. The van der Waals surface area contributed by atoms with Crippen molar-refractivity contribution in [1.29, 1.82) is 0 Å². The van der Waals surface area contributed by atoms with Gasteiger partial charge < -0.3 is 18.7 Å². The van der Waals surface area contributed by atoms with Crippen molar-refractivity contribution in [3.05, 3.63) is 71.3 Å². The highest BCUT2D eigenvalue weighted by Gasteiger charge is 2.46. The van der Waals surface area contributed by atoms with Crippen LogP contribution in [0.3, 0.4) is 0 Å². The Morgan fingerprint density at radius 2 is 2.06 bits per heavy atom. The Morgan fingerprint density at radius 3 is 2.81 bits per heavy atom. The minimum absolute atomic E-state index is 0.0255. The van der Waals surface area contributed by atoms with Gasteiger partial charge in [-0.15, -0.1) is 0 Å². The van der Waals surface area contributed by atoms with Crippen LogP contribution in [0.2, 0.25) is 0 Å². The summed E-state index contributed by atoms with van der Waals surface area (Å²) in [4.78, 5) is 30.5. The molecular formula is C21H17F3N6O2. The molecule has 1 saturated carbocycles. The fourth-order valence-corrected chi connectivity index (χ4v) is 4.19. The number of aromatic amines is 1. The second-order valence-electron chi connectivity index (χ2n) is 8.05. The number of carbonyl (C=O) groups excluding carboxylic acids is 1. The molecule has 0 spiro atoms. The van der Waals surface area contributed by atoms with Gasteiger partial charge in [0.2, 0.25) is 5.76 Å². The zero-order chi connectivity index (χ0) is 22.0. The molecule has 1 aliphatic heterocycles. The summed E-state index contributed by atoms with van der Waals surface area (Å²) in [6, 6.07) is 4.72. The van der Waals surface area contributed by atoms with E-state index < -0.39 is 29.6 Å². The van der Waals surface area contributed by atoms with Gasteiger partial charge in [-0.3, -0.25) is 4.79 Å².